The van der Waals surface area contributed by atoms with Crippen LogP contribution in [-0.2, 0) is 0 Å². The normalized spacial score (nSPS) is 13.1. The van der Waals surface area contributed by atoms with E-state index in [-0.39, 0.29) is 11.5 Å². The van der Waals surface area contributed by atoms with Crippen molar-refractivity contribution in [2.24, 2.45) is 5.92 Å². The molecule has 0 aliphatic heterocycles. The highest BCUT2D eigenvalue weighted by Gasteiger charge is 2.25. The molecule has 0 radical (unpaired) electrons. The highest BCUT2D eigenvalue weighted by molar-refractivity contribution is 9.09. The molecule has 0 bridgehead atoms. The SMILES string of the molecule is CCCC(CCC)C(Br)c1c(F)cc(F)cc1F. The summed E-state index contributed by atoms with van der Waals surface area (Å²) in [5, 5.41) is 0. The Kier molecular flexibility index (Phi) is 6.19. The Morgan fingerprint density at radius 3 is 1.83 bits per heavy atom. The van der Waals surface area contributed by atoms with Crippen molar-refractivity contribution in [2.45, 2.75) is 44.4 Å². The first kappa shape index (κ1) is 15.5. The van der Waals surface area contributed by atoms with Crippen molar-refractivity contribution >= 4 is 15.9 Å². The fourth-order valence-corrected chi connectivity index (χ4v) is 3.20. The molecule has 0 amide bonds. The van der Waals surface area contributed by atoms with Gasteiger partial charge in [0.25, 0.3) is 0 Å². The van der Waals surface area contributed by atoms with E-state index in [2.05, 4.69) is 15.9 Å². The topological polar surface area (TPSA) is 0 Å². The van der Waals surface area contributed by atoms with Gasteiger partial charge in [0.2, 0.25) is 0 Å². The second-order valence-electron chi connectivity index (χ2n) is 4.52. The standard InChI is InChI=1S/C14H18BrF3/c1-3-5-9(6-4-2)14(15)13-11(17)7-10(16)8-12(13)18/h7-9,14H,3-6H2,1-2H3. The number of hydrogen-bond acceptors (Lipinski definition) is 0. The van der Waals surface area contributed by atoms with Crippen LogP contribution in [0.5, 0.6) is 0 Å². The summed E-state index contributed by atoms with van der Waals surface area (Å²) in [6.07, 6.45) is 3.69. The smallest absolute Gasteiger partial charge is 0.133 e. The molecule has 0 heterocycles. The van der Waals surface area contributed by atoms with Gasteiger partial charge in [-0.15, -0.1) is 0 Å². The summed E-state index contributed by atoms with van der Waals surface area (Å²) < 4.78 is 40.3. The third kappa shape index (κ3) is 3.74. The second-order valence-corrected chi connectivity index (χ2v) is 5.51. The van der Waals surface area contributed by atoms with Crippen molar-refractivity contribution in [1.29, 1.82) is 0 Å². The van der Waals surface area contributed by atoms with Gasteiger partial charge in [-0.25, -0.2) is 13.2 Å². The molecule has 0 aliphatic carbocycles. The first-order valence-electron chi connectivity index (χ1n) is 6.29. The molecule has 1 aromatic rings. The average Bonchev–Trinajstić information content (AvgIpc) is 2.27. The molecule has 0 spiro atoms. The lowest BCUT2D eigenvalue weighted by atomic mass is 9.90. The van der Waals surface area contributed by atoms with Crippen LogP contribution in [0.4, 0.5) is 13.2 Å². The van der Waals surface area contributed by atoms with Crippen LogP contribution in [0.2, 0.25) is 0 Å². The minimum atomic E-state index is -0.879. The predicted molar refractivity (Wildman–Crippen MR) is 71.3 cm³/mol. The number of hydrogen-bond donors (Lipinski definition) is 0. The van der Waals surface area contributed by atoms with Crippen LogP contribution in [0.3, 0.4) is 0 Å². The maximum absolute atomic E-state index is 13.7. The molecule has 18 heavy (non-hydrogen) atoms. The number of halogens is 4. The number of rotatable bonds is 6. The molecule has 1 rings (SSSR count). The summed E-state index contributed by atoms with van der Waals surface area (Å²) >= 11 is 3.38. The van der Waals surface area contributed by atoms with E-state index in [9.17, 15) is 13.2 Å². The molecule has 0 nitrogen and oxygen atoms in total. The van der Waals surface area contributed by atoms with E-state index in [1.165, 1.54) is 0 Å². The quantitative estimate of drug-likeness (QED) is 0.584. The van der Waals surface area contributed by atoms with Crippen molar-refractivity contribution < 1.29 is 13.2 Å². The maximum atomic E-state index is 13.7. The molecule has 102 valence electrons. The van der Waals surface area contributed by atoms with Crippen LogP contribution in [0.25, 0.3) is 0 Å². The van der Waals surface area contributed by atoms with Crippen LogP contribution in [0, 0.1) is 23.4 Å². The summed E-state index contributed by atoms with van der Waals surface area (Å²) in [7, 11) is 0. The Balaban J connectivity index is 3.03. The molecule has 0 fully saturated rings. The molecule has 4 heteroatoms. The molecule has 1 atom stereocenters. The van der Waals surface area contributed by atoms with Gasteiger partial charge in [0, 0.05) is 22.5 Å². The van der Waals surface area contributed by atoms with E-state index in [0.717, 1.165) is 37.8 Å². The van der Waals surface area contributed by atoms with Gasteiger partial charge in [-0.2, -0.15) is 0 Å². The lowest BCUT2D eigenvalue weighted by molar-refractivity contribution is 0.413. The zero-order chi connectivity index (χ0) is 13.7. The lowest BCUT2D eigenvalue weighted by Crippen LogP contribution is -2.11. The first-order valence-corrected chi connectivity index (χ1v) is 7.21. The van der Waals surface area contributed by atoms with Crippen LogP contribution in [0.15, 0.2) is 12.1 Å². The first-order chi connectivity index (χ1) is 8.51. The highest BCUT2D eigenvalue weighted by atomic mass is 79.9. The molecule has 0 N–H and O–H groups in total. The average molecular weight is 323 g/mol. The maximum Gasteiger partial charge on any atom is 0.133 e. The third-order valence-corrected chi connectivity index (χ3v) is 4.26. The summed E-state index contributed by atoms with van der Waals surface area (Å²) in [5.41, 5.74) is -0.0525. The summed E-state index contributed by atoms with van der Waals surface area (Å²) in [5.74, 6) is -2.34. The van der Waals surface area contributed by atoms with Gasteiger partial charge in [-0.1, -0.05) is 42.6 Å². The Morgan fingerprint density at radius 1 is 1.00 bits per heavy atom. The Bertz CT molecular complexity index is 364. The van der Waals surface area contributed by atoms with Crippen LogP contribution in [-0.4, -0.2) is 0 Å². The Labute approximate surface area is 115 Å². The number of alkyl halides is 1. The van der Waals surface area contributed by atoms with Crippen LogP contribution in [0.1, 0.15) is 49.9 Å². The van der Waals surface area contributed by atoms with E-state index >= 15 is 0 Å². The van der Waals surface area contributed by atoms with Crippen molar-refractivity contribution in [1.82, 2.24) is 0 Å². The number of benzene rings is 1. The molecule has 0 saturated carbocycles. The molecule has 1 aromatic carbocycles. The van der Waals surface area contributed by atoms with Crippen molar-refractivity contribution in [2.75, 3.05) is 0 Å². The molecular weight excluding hydrogens is 305 g/mol. The monoisotopic (exact) mass is 322 g/mol. The minimum absolute atomic E-state index is 0.0525. The van der Waals surface area contributed by atoms with Crippen LogP contribution < -0.4 is 0 Å². The summed E-state index contributed by atoms with van der Waals surface area (Å²) in [4.78, 5) is -0.405. The van der Waals surface area contributed by atoms with E-state index in [0.29, 0.717) is 0 Å². The largest absolute Gasteiger partial charge is 0.207 e. The fourth-order valence-electron chi connectivity index (χ4n) is 2.23. The van der Waals surface area contributed by atoms with E-state index in [1.54, 1.807) is 0 Å². The van der Waals surface area contributed by atoms with Gasteiger partial charge in [0.05, 0.1) is 0 Å². The molecule has 0 aromatic heterocycles. The molecule has 1 unspecified atom stereocenters. The van der Waals surface area contributed by atoms with E-state index in [4.69, 9.17) is 0 Å². The van der Waals surface area contributed by atoms with Crippen LogP contribution >= 0.6 is 15.9 Å². The minimum Gasteiger partial charge on any atom is -0.207 e. The zero-order valence-corrected chi connectivity index (χ0v) is 12.2. The lowest BCUT2D eigenvalue weighted by Gasteiger charge is -2.23. The third-order valence-electron chi connectivity index (χ3n) is 3.05. The van der Waals surface area contributed by atoms with Gasteiger partial charge in [-0.3, -0.25) is 0 Å². The van der Waals surface area contributed by atoms with Gasteiger partial charge < -0.3 is 0 Å². The van der Waals surface area contributed by atoms with Gasteiger partial charge in [-0.05, 0) is 18.8 Å². The predicted octanol–water partition coefficient (Wildman–Crippen LogP) is 5.76. The van der Waals surface area contributed by atoms with Gasteiger partial charge in [0.1, 0.15) is 17.5 Å². The molecule has 0 aliphatic rings. The fraction of sp³-hybridized carbons (Fsp3) is 0.571. The van der Waals surface area contributed by atoms with Crippen molar-refractivity contribution in [3.05, 3.63) is 35.1 Å². The van der Waals surface area contributed by atoms with Gasteiger partial charge >= 0.3 is 0 Å². The molecular formula is C14H18BrF3. The molecule has 0 saturated heterocycles. The Morgan fingerprint density at radius 2 is 1.44 bits per heavy atom. The van der Waals surface area contributed by atoms with Crippen molar-refractivity contribution in [3.63, 3.8) is 0 Å². The van der Waals surface area contributed by atoms with E-state index in [1.807, 2.05) is 13.8 Å². The second kappa shape index (κ2) is 7.17. The Hall–Kier alpha value is -0.510. The zero-order valence-electron chi connectivity index (χ0n) is 10.6. The highest BCUT2D eigenvalue weighted by Crippen LogP contribution is 2.39. The summed E-state index contributed by atoms with van der Waals surface area (Å²) in [6, 6.07) is 1.48. The summed E-state index contributed by atoms with van der Waals surface area (Å²) in [6.45, 7) is 4.08. The van der Waals surface area contributed by atoms with E-state index < -0.39 is 22.3 Å². The van der Waals surface area contributed by atoms with Crippen molar-refractivity contribution in [3.8, 4) is 0 Å². The van der Waals surface area contributed by atoms with Gasteiger partial charge in [0.15, 0.2) is 0 Å².